The van der Waals surface area contributed by atoms with Crippen molar-refractivity contribution >= 4 is 34.5 Å². The lowest BCUT2D eigenvalue weighted by Crippen LogP contribution is -2.18. The Balaban J connectivity index is 1.73. The number of para-hydroxylation sites is 1. The first-order valence-electron chi connectivity index (χ1n) is 9.59. The molecule has 0 radical (unpaired) electrons. The Morgan fingerprint density at radius 1 is 0.970 bits per heavy atom. The third-order valence-electron chi connectivity index (χ3n) is 4.46. The van der Waals surface area contributed by atoms with Gasteiger partial charge in [0.05, 0.1) is 27.5 Å². The van der Waals surface area contributed by atoms with Gasteiger partial charge in [0.2, 0.25) is 11.7 Å². The van der Waals surface area contributed by atoms with Gasteiger partial charge in [-0.25, -0.2) is 9.67 Å². The second kappa shape index (κ2) is 8.87. The van der Waals surface area contributed by atoms with Crippen LogP contribution in [-0.4, -0.2) is 26.6 Å². The minimum Gasteiger partial charge on any atom is -0.325 e. The molecule has 4 rings (SSSR count). The topological polar surface area (TPSA) is 88.9 Å². The molecule has 0 aliphatic heterocycles. The highest BCUT2D eigenvalue weighted by molar-refractivity contribution is 7.13. The van der Waals surface area contributed by atoms with E-state index in [1.807, 2.05) is 23.6 Å². The Labute approximate surface area is 189 Å². The number of rotatable bonds is 5. The predicted octanol–water partition coefficient (Wildman–Crippen LogP) is 5.23. The van der Waals surface area contributed by atoms with Gasteiger partial charge in [-0.2, -0.15) is 13.2 Å². The van der Waals surface area contributed by atoms with E-state index in [1.54, 1.807) is 24.3 Å². The molecular weight excluding hydrogens is 455 g/mol. The van der Waals surface area contributed by atoms with Crippen molar-refractivity contribution in [2.75, 3.05) is 10.6 Å². The number of hydrogen-bond acceptors (Lipinski definition) is 5. The molecule has 2 aromatic carbocycles. The van der Waals surface area contributed by atoms with Crippen LogP contribution >= 0.6 is 11.3 Å². The number of nitrogens with one attached hydrogen (secondary N) is 2. The van der Waals surface area contributed by atoms with Gasteiger partial charge in [0, 0.05) is 6.92 Å². The Morgan fingerprint density at radius 2 is 1.73 bits per heavy atom. The second-order valence-electron chi connectivity index (χ2n) is 6.88. The van der Waals surface area contributed by atoms with E-state index in [9.17, 15) is 22.8 Å². The molecule has 0 aliphatic carbocycles. The molecule has 168 valence electrons. The van der Waals surface area contributed by atoms with Gasteiger partial charge in [0.25, 0.3) is 5.91 Å². The molecule has 0 aliphatic rings. The van der Waals surface area contributed by atoms with Gasteiger partial charge in [0.1, 0.15) is 0 Å². The maximum atomic E-state index is 13.2. The number of benzene rings is 2. The minimum atomic E-state index is -4.63. The van der Waals surface area contributed by atoms with E-state index in [1.165, 1.54) is 22.9 Å². The number of nitrogens with zero attached hydrogens (tertiary/aromatic N) is 3. The Kier molecular flexibility index (Phi) is 5.97. The first kappa shape index (κ1) is 22.2. The predicted molar refractivity (Wildman–Crippen MR) is 118 cm³/mol. The van der Waals surface area contributed by atoms with Gasteiger partial charge in [-0.3, -0.25) is 9.59 Å². The summed E-state index contributed by atoms with van der Waals surface area (Å²) >= 11 is 1.40. The lowest BCUT2D eigenvalue weighted by atomic mass is 10.1. The van der Waals surface area contributed by atoms with Crippen LogP contribution in [0.5, 0.6) is 0 Å². The molecule has 4 aromatic rings. The summed E-state index contributed by atoms with van der Waals surface area (Å²) in [6.45, 7) is 1.21. The Bertz CT molecular complexity index is 1300. The van der Waals surface area contributed by atoms with Crippen molar-refractivity contribution < 1.29 is 22.8 Å². The minimum absolute atomic E-state index is 0.0184. The molecule has 0 unspecified atom stereocenters. The molecule has 0 bridgehead atoms. The number of carbonyl (C=O) groups is 2. The molecule has 2 amide bonds. The molecule has 7 nitrogen and oxygen atoms in total. The van der Waals surface area contributed by atoms with Gasteiger partial charge in [0.15, 0.2) is 5.82 Å². The van der Waals surface area contributed by atoms with E-state index in [4.69, 9.17) is 0 Å². The molecule has 0 spiro atoms. The number of carbonyl (C=O) groups excluding carboxylic acids is 2. The fourth-order valence-corrected chi connectivity index (χ4v) is 3.72. The van der Waals surface area contributed by atoms with Crippen LogP contribution in [0.2, 0.25) is 0 Å². The van der Waals surface area contributed by atoms with E-state index in [2.05, 4.69) is 20.7 Å². The van der Waals surface area contributed by atoms with Gasteiger partial charge >= 0.3 is 6.18 Å². The van der Waals surface area contributed by atoms with Gasteiger partial charge in [-0.1, -0.05) is 24.3 Å². The molecule has 0 fully saturated rings. The van der Waals surface area contributed by atoms with E-state index >= 15 is 0 Å². The van der Waals surface area contributed by atoms with Gasteiger partial charge in [-0.05, 0) is 41.8 Å². The third kappa shape index (κ3) is 4.93. The largest absolute Gasteiger partial charge is 0.416 e. The quantitative estimate of drug-likeness (QED) is 0.417. The molecule has 2 N–H and O–H groups in total. The summed E-state index contributed by atoms with van der Waals surface area (Å²) in [4.78, 5) is 29.5. The molecule has 0 saturated carbocycles. The Hall–Kier alpha value is -3.99. The second-order valence-corrected chi connectivity index (χ2v) is 7.82. The van der Waals surface area contributed by atoms with Crippen molar-refractivity contribution in [3.8, 4) is 16.4 Å². The van der Waals surface area contributed by atoms with Crippen LogP contribution in [0, 0.1) is 0 Å². The summed E-state index contributed by atoms with van der Waals surface area (Å²) in [6.07, 6.45) is -4.63. The van der Waals surface area contributed by atoms with Crippen molar-refractivity contribution in [3.05, 3.63) is 77.4 Å². The van der Waals surface area contributed by atoms with E-state index in [0.29, 0.717) is 11.5 Å². The summed E-state index contributed by atoms with van der Waals surface area (Å²) in [5, 5.41) is 10.9. The van der Waals surface area contributed by atoms with Crippen molar-refractivity contribution in [2.45, 2.75) is 13.1 Å². The SMILES string of the molecule is CC(=O)Nc1ccc(C(F)(F)F)cc1NC(=O)c1nc(-c2cccs2)n(-c2ccccc2)n1. The summed E-state index contributed by atoms with van der Waals surface area (Å²) in [7, 11) is 0. The molecule has 33 heavy (non-hydrogen) atoms. The van der Waals surface area contributed by atoms with Gasteiger partial charge in [-0.15, -0.1) is 16.4 Å². The van der Waals surface area contributed by atoms with E-state index in [0.717, 1.165) is 23.1 Å². The number of hydrogen-bond donors (Lipinski definition) is 2. The van der Waals surface area contributed by atoms with Crippen LogP contribution < -0.4 is 10.6 Å². The number of amides is 2. The highest BCUT2D eigenvalue weighted by Crippen LogP contribution is 2.34. The van der Waals surface area contributed by atoms with Crippen molar-refractivity contribution in [3.63, 3.8) is 0 Å². The fourth-order valence-electron chi connectivity index (χ4n) is 3.02. The number of aromatic nitrogens is 3. The smallest absolute Gasteiger partial charge is 0.325 e. The first-order chi connectivity index (χ1) is 15.7. The van der Waals surface area contributed by atoms with E-state index < -0.39 is 23.6 Å². The zero-order chi connectivity index (χ0) is 23.6. The molecule has 2 heterocycles. The summed E-state index contributed by atoms with van der Waals surface area (Å²) in [5.74, 6) is -1.16. The van der Waals surface area contributed by atoms with Crippen LogP contribution in [0.1, 0.15) is 23.1 Å². The van der Waals surface area contributed by atoms with Crippen molar-refractivity contribution in [1.82, 2.24) is 14.8 Å². The fraction of sp³-hybridized carbons (Fsp3) is 0.0909. The highest BCUT2D eigenvalue weighted by Gasteiger charge is 2.31. The maximum Gasteiger partial charge on any atom is 0.416 e. The molecule has 0 atom stereocenters. The average molecular weight is 471 g/mol. The molecular formula is C22H16F3N5O2S. The zero-order valence-electron chi connectivity index (χ0n) is 17.1. The summed E-state index contributed by atoms with van der Waals surface area (Å²) in [5.41, 5.74) is -0.525. The van der Waals surface area contributed by atoms with Crippen LogP contribution in [0.25, 0.3) is 16.4 Å². The Morgan fingerprint density at radius 3 is 2.36 bits per heavy atom. The number of alkyl halides is 3. The zero-order valence-corrected chi connectivity index (χ0v) is 17.9. The average Bonchev–Trinajstić information content (AvgIpc) is 3.44. The number of halogens is 3. The lowest BCUT2D eigenvalue weighted by molar-refractivity contribution is -0.137. The van der Waals surface area contributed by atoms with Crippen LogP contribution in [0.15, 0.2) is 66.0 Å². The summed E-state index contributed by atoms with van der Waals surface area (Å²) < 4.78 is 41.1. The van der Waals surface area contributed by atoms with Crippen molar-refractivity contribution in [1.29, 1.82) is 0 Å². The van der Waals surface area contributed by atoms with Crippen molar-refractivity contribution in [2.24, 2.45) is 0 Å². The number of anilines is 2. The van der Waals surface area contributed by atoms with Crippen LogP contribution in [-0.2, 0) is 11.0 Å². The monoisotopic (exact) mass is 471 g/mol. The third-order valence-corrected chi connectivity index (χ3v) is 5.32. The van der Waals surface area contributed by atoms with E-state index in [-0.39, 0.29) is 17.2 Å². The highest BCUT2D eigenvalue weighted by atomic mass is 32.1. The maximum absolute atomic E-state index is 13.2. The molecule has 0 saturated heterocycles. The normalized spacial score (nSPS) is 11.3. The van der Waals surface area contributed by atoms with Crippen LogP contribution in [0.4, 0.5) is 24.5 Å². The molecule has 11 heteroatoms. The summed E-state index contributed by atoms with van der Waals surface area (Å²) in [6, 6.07) is 15.3. The standard InChI is InChI=1S/C22H16F3N5O2S/c1-13(31)26-16-10-9-14(22(23,24)25)12-17(16)27-21(32)19-28-20(18-8-5-11-33-18)30(29-19)15-6-3-2-4-7-15/h2-12H,1H3,(H,26,31)(H,27,32). The molecule has 2 aromatic heterocycles. The number of thiophene rings is 1. The lowest BCUT2D eigenvalue weighted by Gasteiger charge is -2.14. The van der Waals surface area contributed by atoms with Crippen LogP contribution in [0.3, 0.4) is 0 Å². The van der Waals surface area contributed by atoms with Gasteiger partial charge < -0.3 is 10.6 Å². The first-order valence-corrected chi connectivity index (χ1v) is 10.5.